The Labute approximate surface area is 92.4 Å². The van der Waals surface area contributed by atoms with Crippen LogP contribution in [-0.4, -0.2) is 19.1 Å². The monoisotopic (exact) mass is 229 g/mol. The van der Waals surface area contributed by atoms with Crippen LogP contribution in [0.25, 0.3) is 0 Å². The molecule has 0 aliphatic heterocycles. The lowest BCUT2D eigenvalue weighted by Gasteiger charge is -2.15. The highest BCUT2D eigenvalue weighted by atomic mass is 19.1. The van der Waals surface area contributed by atoms with Crippen molar-refractivity contribution in [3.63, 3.8) is 0 Å². The van der Waals surface area contributed by atoms with E-state index in [9.17, 15) is 13.6 Å². The molecule has 88 valence electrons. The summed E-state index contributed by atoms with van der Waals surface area (Å²) in [6.07, 6.45) is 0.0459. The molecule has 0 saturated carbocycles. The molecule has 5 heteroatoms. The Hall–Kier alpha value is -1.65. The first-order valence-corrected chi connectivity index (χ1v) is 4.82. The van der Waals surface area contributed by atoms with E-state index in [-0.39, 0.29) is 12.1 Å². The Morgan fingerprint density at radius 1 is 1.44 bits per heavy atom. The summed E-state index contributed by atoms with van der Waals surface area (Å²) < 4.78 is 30.9. The lowest BCUT2D eigenvalue weighted by atomic mass is 10.2. The molecule has 0 bridgehead atoms. The van der Waals surface area contributed by atoms with E-state index >= 15 is 0 Å². The quantitative estimate of drug-likeness (QED) is 0.805. The first-order valence-electron chi connectivity index (χ1n) is 4.82. The maximum Gasteiger partial charge on any atom is 0.307 e. The number of para-hydroxylation sites is 1. The molecule has 0 radical (unpaired) electrons. The second-order valence-electron chi connectivity index (χ2n) is 3.42. The number of hydrogen-bond acceptors (Lipinski definition) is 3. The Balaban J connectivity index is 2.69. The third-order valence-electron chi connectivity index (χ3n) is 2.05. The van der Waals surface area contributed by atoms with Gasteiger partial charge in [-0.1, -0.05) is 6.07 Å². The summed E-state index contributed by atoms with van der Waals surface area (Å²) in [6.45, 7) is 1.64. The molecule has 1 N–H and O–H groups in total. The average molecular weight is 229 g/mol. The van der Waals surface area contributed by atoms with Crippen molar-refractivity contribution < 1.29 is 18.3 Å². The highest BCUT2D eigenvalue weighted by Gasteiger charge is 2.13. The van der Waals surface area contributed by atoms with E-state index in [2.05, 4.69) is 10.1 Å². The summed E-state index contributed by atoms with van der Waals surface area (Å²) in [5.74, 6) is -1.80. The topological polar surface area (TPSA) is 38.3 Å². The summed E-state index contributed by atoms with van der Waals surface area (Å²) >= 11 is 0. The number of methoxy groups -OCH3 is 1. The van der Waals surface area contributed by atoms with Gasteiger partial charge in [-0.05, 0) is 19.1 Å². The van der Waals surface area contributed by atoms with Crippen LogP contribution < -0.4 is 5.32 Å². The number of benzene rings is 1. The number of carbonyl (C=O) groups excluding carboxylic acids is 1. The van der Waals surface area contributed by atoms with Crippen LogP contribution in [0.5, 0.6) is 0 Å². The van der Waals surface area contributed by atoms with Crippen LogP contribution in [0.15, 0.2) is 18.2 Å². The molecule has 1 unspecified atom stereocenters. The summed E-state index contributed by atoms with van der Waals surface area (Å²) in [7, 11) is 1.26. The number of ether oxygens (including phenoxy) is 1. The van der Waals surface area contributed by atoms with E-state index in [4.69, 9.17) is 0 Å². The van der Waals surface area contributed by atoms with E-state index in [1.54, 1.807) is 6.92 Å². The average Bonchev–Trinajstić information content (AvgIpc) is 2.23. The number of carbonyl (C=O) groups is 1. The zero-order chi connectivity index (χ0) is 12.1. The summed E-state index contributed by atoms with van der Waals surface area (Å²) in [5.41, 5.74) is -0.223. The van der Waals surface area contributed by atoms with Gasteiger partial charge < -0.3 is 10.1 Å². The number of halogens is 2. The normalized spacial score (nSPS) is 12.0. The van der Waals surface area contributed by atoms with Crippen LogP contribution in [0.4, 0.5) is 14.5 Å². The molecule has 1 atom stereocenters. The van der Waals surface area contributed by atoms with E-state index in [1.165, 1.54) is 13.2 Å². The van der Waals surface area contributed by atoms with Crippen LogP contribution >= 0.6 is 0 Å². The molecule has 1 aromatic rings. The molecule has 0 aliphatic rings. The lowest BCUT2D eigenvalue weighted by molar-refractivity contribution is -0.140. The molecule has 1 rings (SSSR count). The van der Waals surface area contributed by atoms with Crippen LogP contribution in [0.1, 0.15) is 13.3 Å². The van der Waals surface area contributed by atoms with Crippen molar-refractivity contribution >= 4 is 11.7 Å². The lowest BCUT2D eigenvalue weighted by Crippen LogP contribution is -2.21. The Bertz CT molecular complexity index is 362. The van der Waals surface area contributed by atoms with Gasteiger partial charge in [-0.15, -0.1) is 0 Å². The predicted molar refractivity (Wildman–Crippen MR) is 56.1 cm³/mol. The molecule has 0 saturated heterocycles. The SMILES string of the molecule is COC(=O)CC(C)Nc1c(F)cccc1F. The highest BCUT2D eigenvalue weighted by Crippen LogP contribution is 2.19. The Morgan fingerprint density at radius 3 is 2.50 bits per heavy atom. The van der Waals surface area contributed by atoms with E-state index in [0.29, 0.717) is 0 Å². The molecular formula is C11H13F2NO2. The summed E-state index contributed by atoms with van der Waals surface area (Å²) in [6, 6.07) is 3.17. The van der Waals surface area contributed by atoms with Gasteiger partial charge in [0, 0.05) is 6.04 Å². The van der Waals surface area contributed by atoms with Crippen LogP contribution in [0, 0.1) is 11.6 Å². The minimum atomic E-state index is -0.684. The van der Waals surface area contributed by atoms with E-state index in [1.807, 2.05) is 0 Å². The molecule has 0 fully saturated rings. The molecule has 0 aromatic heterocycles. The van der Waals surface area contributed by atoms with Gasteiger partial charge in [0.25, 0.3) is 0 Å². The zero-order valence-electron chi connectivity index (χ0n) is 9.09. The Kier molecular flexibility index (Phi) is 4.22. The van der Waals surface area contributed by atoms with Crippen molar-refractivity contribution in [1.82, 2.24) is 0 Å². The van der Waals surface area contributed by atoms with Crippen molar-refractivity contribution in [3.05, 3.63) is 29.8 Å². The molecule has 1 aromatic carbocycles. The third kappa shape index (κ3) is 3.18. The van der Waals surface area contributed by atoms with Crippen molar-refractivity contribution in [1.29, 1.82) is 0 Å². The minimum Gasteiger partial charge on any atom is -0.469 e. The number of nitrogens with one attached hydrogen (secondary N) is 1. The fourth-order valence-electron chi connectivity index (χ4n) is 1.27. The first-order chi connectivity index (χ1) is 7.54. The van der Waals surface area contributed by atoms with Gasteiger partial charge >= 0.3 is 5.97 Å². The van der Waals surface area contributed by atoms with E-state index in [0.717, 1.165) is 12.1 Å². The van der Waals surface area contributed by atoms with E-state index < -0.39 is 23.6 Å². The van der Waals surface area contributed by atoms with Crippen molar-refractivity contribution in [2.24, 2.45) is 0 Å². The molecule has 0 aliphatic carbocycles. The standard InChI is InChI=1S/C11H13F2NO2/c1-7(6-10(15)16-2)14-11-8(12)4-3-5-9(11)13/h3-5,7,14H,6H2,1-2H3. The molecule has 0 spiro atoms. The zero-order valence-corrected chi connectivity index (χ0v) is 9.09. The van der Waals surface area contributed by atoms with Crippen LogP contribution in [0.3, 0.4) is 0 Å². The van der Waals surface area contributed by atoms with Crippen LogP contribution in [0.2, 0.25) is 0 Å². The van der Waals surface area contributed by atoms with Gasteiger partial charge in [0.05, 0.1) is 13.5 Å². The largest absolute Gasteiger partial charge is 0.469 e. The van der Waals surface area contributed by atoms with Crippen LogP contribution in [-0.2, 0) is 9.53 Å². The number of esters is 1. The van der Waals surface area contributed by atoms with Crippen molar-refractivity contribution in [3.8, 4) is 0 Å². The van der Waals surface area contributed by atoms with Gasteiger partial charge in [-0.2, -0.15) is 0 Å². The maximum absolute atomic E-state index is 13.2. The van der Waals surface area contributed by atoms with Gasteiger partial charge in [0.15, 0.2) is 0 Å². The minimum absolute atomic E-state index is 0.0459. The fraction of sp³-hybridized carbons (Fsp3) is 0.364. The van der Waals surface area contributed by atoms with Gasteiger partial charge in [-0.25, -0.2) is 8.78 Å². The van der Waals surface area contributed by atoms with Gasteiger partial charge in [-0.3, -0.25) is 4.79 Å². The smallest absolute Gasteiger partial charge is 0.307 e. The molecule has 3 nitrogen and oxygen atoms in total. The first kappa shape index (κ1) is 12.4. The summed E-state index contributed by atoms with van der Waals surface area (Å²) in [5, 5.41) is 2.59. The molecule has 0 amide bonds. The second-order valence-corrected chi connectivity index (χ2v) is 3.42. The fourth-order valence-corrected chi connectivity index (χ4v) is 1.27. The number of anilines is 1. The third-order valence-corrected chi connectivity index (χ3v) is 2.05. The molecule has 16 heavy (non-hydrogen) atoms. The highest BCUT2D eigenvalue weighted by molar-refractivity contribution is 5.70. The van der Waals surface area contributed by atoms with Gasteiger partial charge in [0.1, 0.15) is 17.3 Å². The number of rotatable bonds is 4. The maximum atomic E-state index is 13.2. The summed E-state index contributed by atoms with van der Waals surface area (Å²) in [4.78, 5) is 10.9. The predicted octanol–water partition coefficient (Wildman–Crippen LogP) is 2.33. The van der Waals surface area contributed by atoms with Crippen molar-refractivity contribution in [2.45, 2.75) is 19.4 Å². The second kappa shape index (κ2) is 5.44. The molecular weight excluding hydrogens is 216 g/mol. The Morgan fingerprint density at radius 2 is 2.00 bits per heavy atom. The molecule has 0 heterocycles. The van der Waals surface area contributed by atoms with Crippen molar-refractivity contribution in [2.75, 3.05) is 12.4 Å². The number of hydrogen-bond donors (Lipinski definition) is 1. The van der Waals surface area contributed by atoms with Gasteiger partial charge in [0.2, 0.25) is 0 Å².